The fourth-order valence-electron chi connectivity index (χ4n) is 1.26. The molecule has 12 heavy (non-hydrogen) atoms. The second-order valence-corrected chi connectivity index (χ2v) is 3.73. The van der Waals surface area contributed by atoms with E-state index < -0.39 is 0 Å². The maximum Gasteiger partial charge on any atom is -0.0200 e. The molecule has 0 bridgehead atoms. The number of unbranched alkanes of at least 4 members (excludes halogenated alkanes) is 6. The first-order valence-corrected chi connectivity index (χ1v) is 6.08. The fourth-order valence-corrected chi connectivity index (χ4v) is 1.45. The average molecular weight is 186 g/mol. The normalized spacial score (nSPS) is 11.2. The lowest BCUT2D eigenvalue weighted by atomic mass is 10.1. The first-order chi connectivity index (χ1) is 5.91. The molecule has 0 aliphatic heterocycles. The van der Waals surface area contributed by atoms with Gasteiger partial charge in [0.15, 0.2) is 0 Å². The lowest BCUT2D eigenvalue weighted by molar-refractivity contribution is 0.611. The SMILES string of the molecule is CCCCCCCCC=CCP. The van der Waals surface area contributed by atoms with Gasteiger partial charge in [0.1, 0.15) is 0 Å². The van der Waals surface area contributed by atoms with Crippen molar-refractivity contribution in [3.05, 3.63) is 12.2 Å². The van der Waals surface area contributed by atoms with Gasteiger partial charge in [-0.15, -0.1) is 9.24 Å². The second kappa shape index (κ2) is 11.2. The predicted octanol–water partition coefficient (Wildman–Crippen LogP) is 4.17. The summed E-state index contributed by atoms with van der Waals surface area (Å²) in [4.78, 5) is 0. The van der Waals surface area contributed by atoms with Gasteiger partial charge in [-0.05, 0) is 19.0 Å². The monoisotopic (exact) mass is 186 g/mol. The van der Waals surface area contributed by atoms with Crippen LogP contribution in [0.3, 0.4) is 0 Å². The van der Waals surface area contributed by atoms with Crippen LogP contribution in [0.1, 0.15) is 51.9 Å². The number of allylic oxidation sites excluding steroid dienone is 2. The third-order valence-electron chi connectivity index (χ3n) is 2.03. The molecular formula is C11H23P. The molecule has 0 fully saturated rings. The Hall–Kier alpha value is 0.170. The van der Waals surface area contributed by atoms with Gasteiger partial charge >= 0.3 is 0 Å². The molecule has 72 valence electrons. The Bertz CT molecular complexity index is 97.2. The van der Waals surface area contributed by atoms with Crippen LogP contribution in [0.4, 0.5) is 0 Å². The van der Waals surface area contributed by atoms with Crippen molar-refractivity contribution in [2.75, 3.05) is 6.16 Å². The fraction of sp³-hybridized carbons (Fsp3) is 0.818. The maximum atomic E-state index is 2.71. The van der Waals surface area contributed by atoms with Gasteiger partial charge < -0.3 is 0 Å². The second-order valence-electron chi connectivity index (χ2n) is 3.26. The first kappa shape index (κ1) is 12.2. The minimum Gasteiger partial charge on any atom is -0.134 e. The van der Waals surface area contributed by atoms with E-state index in [9.17, 15) is 0 Å². The largest absolute Gasteiger partial charge is 0.134 e. The van der Waals surface area contributed by atoms with Gasteiger partial charge in [-0.1, -0.05) is 51.2 Å². The highest BCUT2D eigenvalue weighted by molar-refractivity contribution is 7.16. The molecule has 0 aliphatic carbocycles. The standard InChI is InChI=1S/C11H23P/c1-2-3-4-5-6-7-8-9-10-11-12/h9-10H,2-8,11-12H2,1H3. The highest BCUT2D eigenvalue weighted by Gasteiger charge is 1.87. The number of hydrogen-bond donors (Lipinski definition) is 0. The summed E-state index contributed by atoms with van der Waals surface area (Å²) in [5.74, 6) is 0. The molecule has 0 aromatic carbocycles. The van der Waals surface area contributed by atoms with Crippen molar-refractivity contribution in [1.29, 1.82) is 0 Å². The average Bonchev–Trinajstić information content (AvgIpc) is 2.10. The van der Waals surface area contributed by atoms with E-state index in [0.29, 0.717) is 0 Å². The van der Waals surface area contributed by atoms with Crippen LogP contribution in [0.25, 0.3) is 0 Å². The molecule has 0 N–H and O–H groups in total. The Morgan fingerprint density at radius 1 is 0.917 bits per heavy atom. The van der Waals surface area contributed by atoms with Gasteiger partial charge in [0, 0.05) is 0 Å². The molecule has 1 heteroatoms. The Labute approximate surface area is 80.0 Å². The molecule has 0 aromatic heterocycles. The molecule has 0 rings (SSSR count). The first-order valence-electron chi connectivity index (χ1n) is 5.27. The molecule has 0 radical (unpaired) electrons. The Kier molecular flexibility index (Phi) is 11.3. The zero-order valence-corrected chi connectivity index (χ0v) is 9.54. The third-order valence-corrected chi connectivity index (χ3v) is 2.30. The molecular weight excluding hydrogens is 163 g/mol. The summed E-state index contributed by atoms with van der Waals surface area (Å²) in [5.41, 5.74) is 0. The van der Waals surface area contributed by atoms with Gasteiger partial charge in [0.25, 0.3) is 0 Å². The van der Waals surface area contributed by atoms with Crippen LogP contribution in [0, 0.1) is 0 Å². The van der Waals surface area contributed by atoms with Crippen molar-refractivity contribution in [1.82, 2.24) is 0 Å². The molecule has 0 spiro atoms. The molecule has 0 amide bonds. The molecule has 1 atom stereocenters. The molecule has 1 unspecified atom stereocenters. The molecule has 0 aliphatic rings. The predicted molar refractivity (Wildman–Crippen MR) is 61.7 cm³/mol. The van der Waals surface area contributed by atoms with Crippen LogP contribution in [0.5, 0.6) is 0 Å². The van der Waals surface area contributed by atoms with Crippen LogP contribution in [0.2, 0.25) is 0 Å². The van der Waals surface area contributed by atoms with Gasteiger partial charge in [-0.2, -0.15) is 0 Å². The van der Waals surface area contributed by atoms with Gasteiger partial charge in [0.2, 0.25) is 0 Å². The summed E-state index contributed by atoms with van der Waals surface area (Å²) in [7, 11) is 2.71. The van der Waals surface area contributed by atoms with E-state index in [-0.39, 0.29) is 0 Å². The Balaban J connectivity index is 2.86. The molecule has 0 aromatic rings. The van der Waals surface area contributed by atoms with Crippen LogP contribution < -0.4 is 0 Å². The van der Waals surface area contributed by atoms with E-state index in [1.807, 2.05) is 0 Å². The summed E-state index contributed by atoms with van der Waals surface area (Å²) >= 11 is 0. The van der Waals surface area contributed by atoms with Crippen molar-refractivity contribution >= 4 is 9.24 Å². The van der Waals surface area contributed by atoms with Crippen LogP contribution in [-0.2, 0) is 0 Å². The minimum absolute atomic E-state index is 1.11. The summed E-state index contributed by atoms with van der Waals surface area (Å²) in [5, 5.41) is 0. The van der Waals surface area contributed by atoms with Crippen LogP contribution in [-0.4, -0.2) is 6.16 Å². The molecule has 0 saturated carbocycles. The smallest absolute Gasteiger partial charge is 0.0200 e. The van der Waals surface area contributed by atoms with Crippen molar-refractivity contribution in [3.63, 3.8) is 0 Å². The van der Waals surface area contributed by atoms with E-state index in [2.05, 4.69) is 28.3 Å². The lowest BCUT2D eigenvalue weighted by Crippen LogP contribution is -1.77. The Morgan fingerprint density at radius 2 is 1.58 bits per heavy atom. The quantitative estimate of drug-likeness (QED) is 0.303. The maximum absolute atomic E-state index is 2.71. The third kappa shape index (κ3) is 10.2. The highest BCUT2D eigenvalue weighted by atomic mass is 31.0. The summed E-state index contributed by atoms with van der Waals surface area (Å²) in [6.45, 7) is 2.27. The Morgan fingerprint density at radius 3 is 2.25 bits per heavy atom. The molecule has 0 nitrogen and oxygen atoms in total. The van der Waals surface area contributed by atoms with Gasteiger partial charge in [-0.25, -0.2) is 0 Å². The minimum atomic E-state index is 1.11. The van der Waals surface area contributed by atoms with Crippen molar-refractivity contribution in [2.24, 2.45) is 0 Å². The van der Waals surface area contributed by atoms with E-state index in [4.69, 9.17) is 0 Å². The van der Waals surface area contributed by atoms with E-state index in [1.165, 1.54) is 44.9 Å². The topological polar surface area (TPSA) is 0 Å². The summed E-state index contributed by atoms with van der Waals surface area (Å²) in [6, 6.07) is 0. The van der Waals surface area contributed by atoms with Crippen molar-refractivity contribution in [3.8, 4) is 0 Å². The molecule has 0 heterocycles. The summed E-state index contributed by atoms with van der Waals surface area (Å²) in [6.07, 6.45) is 15.4. The number of rotatable bonds is 8. The van der Waals surface area contributed by atoms with E-state index in [0.717, 1.165) is 6.16 Å². The number of hydrogen-bond acceptors (Lipinski definition) is 0. The van der Waals surface area contributed by atoms with Crippen molar-refractivity contribution in [2.45, 2.75) is 51.9 Å². The highest BCUT2D eigenvalue weighted by Crippen LogP contribution is 2.07. The van der Waals surface area contributed by atoms with E-state index >= 15 is 0 Å². The van der Waals surface area contributed by atoms with Crippen LogP contribution >= 0.6 is 9.24 Å². The summed E-state index contributed by atoms with van der Waals surface area (Å²) < 4.78 is 0. The van der Waals surface area contributed by atoms with Gasteiger partial charge in [-0.3, -0.25) is 0 Å². The van der Waals surface area contributed by atoms with Gasteiger partial charge in [0.05, 0.1) is 0 Å². The zero-order chi connectivity index (χ0) is 9.07. The lowest BCUT2D eigenvalue weighted by Gasteiger charge is -1.97. The molecule has 0 saturated heterocycles. The van der Waals surface area contributed by atoms with E-state index in [1.54, 1.807) is 0 Å². The van der Waals surface area contributed by atoms with Crippen LogP contribution in [0.15, 0.2) is 12.2 Å². The zero-order valence-electron chi connectivity index (χ0n) is 8.39. The van der Waals surface area contributed by atoms with Crippen molar-refractivity contribution < 1.29 is 0 Å².